The number of nitrogens with zero attached hydrogens (tertiary/aromatic N) is 2. The summed E-state index contributed by atoms with van der Waals surface area (Å²) in [4.78, 5) is 5.14. The molecule has 0 amide bonds. The van der Waals surface area contributed by atoms with Gasteiger partial charge in [-0.3, -0.25) is 5.10 Å². The Kier molecular flexibility index (Phi) is 3.71. The van der Waals surface area contributed by atoms with Crippen LogP contribution in [0, 0.1) is 6.92 Å². The van der Waals surface area contributed by atoms with Crippen molar-refractivity contribution in [1.29, 1.82) is 0 Å². The van der Waals surface area contributed by atoms with E-state index in [2.05, 4.69) is 15.2 Å². The molecule has 0 fully saturated rings. The topological polar surface area (TPSA) is 67.6 Å². The zero-order valence-electron chi connectivity index (χ0n) is 9.57. The smallest absolute Gasteiger partial charge is 0.213 e. The summed E-state index contributed by atoms with van der Waals surface area (Å²) in [6, 6.07) is 5.78. The zero-order valence-corrected chi connectivity index (χ0v) is 11.1. The highest BCUT2D eigenvalue weighted by molar-refractivity contribution is 7.99. The summed E-state index contributed by atoms with van der Waals surface area (Å²) >= 11 is 7.62. The van der Waals surface area contributed by atoms with Gasteiger partial charge in [-0.05, 0) is 43.3 Å². The summed E-state index contributed by atoms with van der Waals surface area (Å²) in [5, 5.41) is 8.18. The van der Waals surface area contributed by atoms with Gasteiger partial charge in [-0.1, -0.05) is 17.7 Å². The molecular formula is C11H13ClN4S. The fourth-order valence-corrected chi connectivity index (χ4v) is 2.42. The van der Waals surface area contributed by atoms with Crippen molar-refractivity contribution in [3.05, 3.63) is 34.6 Å². The van der Waals surface area contributed by atoms with Crippen LogP contribution >= 0.6 is 23.4 Å². The minimum Gasteiger partial charge on any atom is -0.324 e. The van der Waals surface area contributed by atoms with E-state index in [1.807, 2.05) is 32.0 Å². The minimum atomic E-state index is -0.0164. The molecule has 1 aromatic carbocycles. The summed E-state index contributed by atoms with van der Waals surface area (Å²) in [5.41, 5.74) is 6.81. The Morgan fingerprint density at radius 3 is 2.76 bits per heavy atom. The molecule has 2 aromatic rings. The fraction of sp³-hybridized carbons (Fsp3) is 0.273. The lowest BCUT2D eigenvalue weighted by Crippen LogP contribution is -2.04. The van der Waals surface area contributed by atoms with E-state index in [0.717, 1.165) is 16.3 Å². The number of aryl methyl sites for hydroxylation is 1. The first-order valence-electron chi connectivity index (χ1n) is 5.18. The Morgan fingerprint density at radius 1 is 1.47 bits per heavy atom. The summed E-state index contributed by atoms with van der Waals surface area (Å²) in [5.74, 6) is 0.788. The molecule has 0 aliphatic carbocycles. The molecule has 1 aromatic heterocycles. The maximum atomic E-state index is 6.19. The van der Waals surface area contributed by atoms with Gasteiger partial charge >= 0.3 is 0 Å². The molecule has 4 nitrogen and oxygen atoms in total. The van der Waals surface area contributed by atoms with E-state index in [0.29, 0.717) is 10.2 Å². The third-order valence-corrected chi connectivity index (χ3v) is 3.63. The van der Waals surface area contributed by atoms with Gasteiger partial charge in [-0.25, -0.2) is 4.98 Å². The quantitative estimate of drug-likeness (QED) is 0.898. The minimum absolute atomic E-state index is 0.0164. The van der Waals surface area contributed by atoms with Gasteiger partial charge in [-0.15, -0.1) is 5.10 Å². The number of nitrogens with one attached hydrogen (secondary N) is 1. The van der Waals surface area contributed by atoms with E-state index in [4.69, 9.17) is 17.3 Å². The third kappa shape index (κ3) is 3.00. The van der Waals surface area contributed by atoms with Gasteiger partial charge in [0.15, 0.2) is 0 Å². The second-order valence-corrected chi connectivity index (χ2v) is 5.20. The molecule has 0 unspecified atom stereocenters. The average Bonchev–Trinajstić information content (AvgIpc) is 2.67. The van der Waals surface area contributed by atoms with Crippen LogP contribution < -0.4 is 5.73 Å². The Labute approximate surface area is 109 Å². The second kappa shape index (κ2) is 5.08. The Bertz CT molecular complexity index is 524. The van der Waals surface area contributed by atoms with E-state index < -0.39 is 0 Å². The predicted octanol–water partition coefficient (Wildman–Crippen LogP) is 2.94. The predicted molar refractivity (Wildman–Crippen MR) is 69.3 cm³/mol. The number of aromatic amines is 1. The summed E-state index contributed by atoms with van der Waals surface area (Å²) in [6.45, 7) is 3.79. The van der Waals surface area contributed by atoms with Gasteiger partial charge in [0.1, 0.15) is 5.82 Å². The SMILES string of the molecule is Cc1nc(Sc2ccc([C@H](C)N)cc2Cl)n[nH]1. The van der Waals surface area contributed by atoms with Crippen LogP contribution in [-0.4, -0.2) is 15.2 Å². The van der Waals surface area contributed by atoms with Crippen molar-refractivity contribution in [2.24, 2.45) is 5.73 Å². The molecule has 0 aliphatic heterocycles. The standard InChI is InChI=1S/C11H13ClN4S/c1-6(13)8-3-4-10(9(12)5-8)17-11-14-7(2)15-16-11/h3-6H,13H2,1-2H3,(H,14,15,16)/t6-/m0/s1. The van der Waals surface area contributed by atoms with Crippen LogP contribution in [0.4, 0.5) is 0 Å². The molecule has 1 heterocycles. The molecule has 3 N–H and O–H groups in total. The molecule has 0 aliphatic rings. The summed E-state index contributed by atoms with van der Waals surface area (Å²) in [6.07, 6.45) is 0. The van der Waals surface area contributed by atoms with E-state index >= 15 is 0 Å². The van der Waals surface area contributed by atoms with Crippen molar-refractivity contribution in [3.8, 4) is 0 Å². The number of H-pyrrole nitrogens is 1. The molecule has 0 saturated heterocycles. The number of hydrogen-bond acceptors (Lipinski definition) is 4. The Morgan fingerprint density at radius 2 is 2.24 bits per heavy atom. The number of rotatable bonds is 3. The maximum Gasteiger partial charge on any atom is 0.213 e. The Hall–Kier alpha value is -1.04. The summed E-state index contributed by atoms with van der Waals surface area (Å²) in [7, 11) is 0. The van der Waals surface area contributed by atoms with Crippen molar-refractivity contribution in [1.82, 2.24) is 15.2 Å². The monoisotopic (exact) mass is 268 g/mol. The number of aromatic nitrogens is 3. The van der Waals surface area contributed by atoms with Crippen molar-refractivity contribution in [2.45, 2.75) is 29.9 Å². The van der Waals surface area contributed by atoms with Crippen LogP contribution in [0.1, 0.15) is 24.4 Å². The first kappa shape index (κ1) is 12.4. The van der Waals surface area contributed by atoms with Crippen molar-refractivity contribution >= 4 is 23.4 Å². The first-order valence-corrected chi connectivity index (χ1v) is 6.37. The molecular weight excluding hydrogens is 256 g/mol. The highest BCUT2D eigenvalue weighted by Gasteiger charge is 2.08. The van der Waals surface area contributed by atoms with Crippen LogP contribution in [0.15, 0.2) is 28.3 Å². The molecule has 90 valence electrons. The second-order valence-electron chi connectivity index (χ2n) is 3.78. The lowest BCUT2D eigenvalue weighted by Gasteiger charge is -2.08. The van der Waals surface area contributed by atoms with Crippen molar-refractivity contribution in [2.75, 3.05) is 0 Å². The first-order chi connectivity index (χ1) is 8.06. The molecule has 0 bridgehead atoms. The molecule has 2 rings (SSSR count). The van der Waals surface area contributed by atoms with Gasteiger partial charge in [-0.2, -0.15) is 0 Å². The number of nitrogens with two attached hydrogens (primary N) is 1. The number of hydrogen-bond donors (Lipinski definition) is 2. The van der Waals surface area contributed by atoms with Gasteiger partial charge in [0.2, 0.25) is 5.16 Å². The van der Waals surface area contributed by atoms with Gasteiger partial charge in [0, 0.05) is 10.9 Å². The third-order valence-electron chi connectivity index (χ3n) is 2.26. The van der Waals surface area contributed by atoms with E-state index in [9.17, 15) is 0 Å². The highest BCUT2D eigenvalue weighted by Crippen LogP contribution is 2.32. The number of halogens is 1. The largest absolute Gasteiger partial charge is 0.324 e. The fourth-order valence-electron chi connectivity index (χ4n) is 1.35. The van der Waals surface area contributed by atoms with E-state index in [-0.39, 0.29) is 6.04 Å². The van der Waals surface area contributed by atoms with Crippen LogP contribution in [0.2, 0.25) is 5.02 Å². The van der Waals surface area contributed by atoms with Crippen LogP contribution in [0.5, 0.6) is 0 Å². The lowest BCUT2D eigenvalue weighted by molar-refractivity contribution is 0.817. The molecule has 0 radical (unpaired) electrons. The summed E-state index contributed by atoms with van der Waals surface area (Å²) < 4.78 is 0. The maximum absolute atomic E-state index is 6.19. The lowest BCUT2D eigenvalue weighted by atomic mass is 10.1. The van der Waals surface area contributed by atoms with E-state index in [1.165, 1.54) is 11.8 Å². The van der Waals surface area contributed by atoms with Crippen molar-refractivity contribution < 1.29 is 0 Å². The van der Waals surface area contributed by atoms with Crippen LogP contribution in [0.25, 0.3) is 0 Å². The van der Waals surface area contributed by atoms with Crippen molar-refractivity contribution in [3.63, 3.8) is 0 Å². The van der Waals surface area contributed by atoms with Crippen LogP contribution in [-0.2, 0) is 0 Å². The number of benzene rings is 1. The van der Waals surface area contributed by atoms with E-state index in [1.54, 1.807) is 0 Å². The van der Waals surface area contributed by atoms with Gasteiger partial charge in [0.25, 0.3) is 0 Å². The van der Waals surface area contributed by atoms with Crippen LogP contribution in [0.3, 0.4) is 0 Å². The normalized spacial score (nSPS) is 12.7. The molecule has 0 spiro atoms. The zero-order chi connectivity index (χ0) is 12.4. The molecule has 1 atom stereocenters. The molecule has 17 heavy (non-hydrogen) atoms. The Balaban J connectivity index is 2.22. The molecule has 0 saturated carbocycles. The highest BCUT2D eigenvalue weighted by atomic mass is 35.5. The van der Waals surface area contributed by atoms with Gasteiger partial charge < -0.3 is 5.73 Å². The molecule has 6 heteroatoms. The average molecular weight is 269 g/mol. The van der Waals surface area contributed by atoms with Gasteiger partial charge in [0.05, 0.1) is 5.02 Å².